The number of unbranched alkanes of at least 4 members (excludes halogenated alkanes) is 4. The monoisotopic (exact) mass is 172 g/mol. The van der Waals surface area contributed by atoms with Crippen LogP contribution in [0, 0.1) is 0 Å². The van der Waals surface area contributed by atoms with Crippen molar-refractivity contribution in [3.05, 3.63) is 12.2 Å². The molecular formula is C9H16O3. The van der Waals surface area contributed by atoms with Crippen molar-refractivity contribution in [2.24, 2.45) is 0 Å². The highest BCUT2D eigenvalue weighted by Crippen LogP contribution is 2.03. The van der Waals surface area contributed by atoms with Crippen LogP contribution in [-0.4, -0.2) is 18.2 Å². The largest absolute Gasteiger partial charge is 0.299 e. The second-order valence-electron chi connectivity index (χ2n) is 2.60. The molecule has 0 atom stereocenters. The maximum atomic E-state index is 9.85. The molecule has 12 heavy (non-hydrogen) atoms. The lowest BCUT2D eigenvalue weighted by Gasteiger charge is -1.96. The molecule has 0 amide bonds. The molecule has 3 nitrogen and oxygen atoms in total. The highest BCUT2D eigenvalue weighted by atomic mass is 17.1. The third-order valence-corrected chi connectivity index (χ3v) is 1.57. The van der Waals surface area contributed by atoms with Gasteiger partial charge in [-0.15, -0.1) is 0 Å². The number of carbonyl (C=O) groups excluding carboxylic acids is 1. The predicted octanol–water partition coefficient (Wildman–Crippen LogP) is 2.18. The normalized spacial score (nSPS) is 10.8. The summed E-state index contributed by atoms with van der Waals surface area (Å²) in [6.45, 7) is 0.421. The maximum absolute atomic E-state index is 9.85. The lowest BCUT2D eigenvalue weighted by Crippen LogP contribution is -1.88. The van der Waals surface area contributed by atoms with Gasteiger partial charge >= 0.3 is 0 Å². The zero-order valence-corrected chi connectivity index (χ0v) is 7.24. The van der Waals surface area contributed by atoms with Crippen molar-refractivity contribution in [2.45, 2.75) is 32.1 Å². The van der Waals surface area contributed by atoms with Gasteiger partial charge < -0.3 is 0 Å². The summed E-state index contributed by atoms with van der Waals surface area (Å²) in [5.74, 6) is 0. The van der Waals surface area contributed by atoms with E-state index in [1.54, 1.807) is 0 Å². The quantitative estimate of drug-likeness (QED) is 0.201. The first-order valence-electron chi connectivity index (χ1n) is 4.28. The zero-order valence-electron chi connectivity index (χ0n) is 7.24. The fourth-order valence-corrected chi connectivity index (χ4v) is 0.934. The minimum Gasteiger partial charge on any atom is -0.299 e. The number of rotatable bonds is 8. The van der Waals surface area contributed by atoms with E-state index in [-0.39, 0.29) is 0 Å². The third-order valence-electron chi connectivity index (χ3n) is 1.57. The molecule has 0 bridgehead atoms. The predicted molar refractivity (Wildman–Crippen MR) is 46.9 cm³/mol. The van der Waals surface area contributed by atoms with E-state index in [1.165, 1.54) is 6.08 Å². The molecule has 70 valence electrons. The molecule has 0 heterocycles. The molecule has 0 unspecified atom stereocenters. The van der Waals surface area contributed by atoms with E-state index in [4.69, 9.17) is 5.26 Å². The molecule has 0 radical (unpaired) electrons. The van der Waals surface area contributed by atoms with Gasteiger partial charge in [0.15, 0.2) is 0 Å². The summed E-state index contributed by atoms with van der Waals surface area (Å²) in [7, 11) is 0. The van der Waals surface area contributed by atoms with Crippen molar-refractivity contribution in [1.82, 2.24) is 0 Å². The zero-order chi connectivity index (χ0) is 9.07. The van der Waals surface area contributed by atoms with Crippen LogP contribution in [-0.2, 0) is 9.68 Å². The Labute approximate surface area is 73.0 Å². The molecule has 0 saturated carbocycles. The average Bonchev–Trinajstić information content (AvgIpc) is 2.10. The molecule has 0 aromatic rings. The Morgan fingerprint density at radius 2 is 1.92 bits per heavy atom. The summed E-state index contributed by atoms with van der Waals surface area (Å²) in [6, 6.07) is 0. The molecule has 0 saturated heterocycles. The number of carbonyl (C=O) groups is 1. The second kappa shape index (κ2) is 10.3. The van der Waals surface area contributed by atoms with E-state index in [0.29, 0.717) is 6.61 Å². The van der Waals surface area contributed by atoms with Gasteiger partial charge in [0.05, 0.1) is 6.61 Å². The molecule has 0 aliphatic rings. The van der Waals surface area contributed by atoms with Crippen molar-refractivity contribution >= 4 is 6.29 Å². The summed E-state index contributed by atoms with van der Waals surface area (Å²) in [6.07, 6.45) is 9.32. The van der Waals surface area contributed by atoms with Crippen molar-refractivity contribution in [1.29, 1.82) is 0 Å². The van der Waals surface area contributed by atoms with Gasteiger partial charge in [0.25, 0.3) is 0 Å². The summed E-state index contributed by atoms with van der Waals surface area (Å²) < 4.78 is 0. The highest BCUT2D eigenvalue weighted by Gasteiger charge is 1.88. The molecule has 0 aromatic heterocycles. The van der Waals surface area contributed by atoms with Crippen LogP contribution in [0.5, 0.6) is 0 Å². The topological polar surface area (TPSA) is 46.5 Å². The molecule has 0 fully saturated rings. The fraction of sp³-hybridized carbons (Fsp3) is 0.667. The van der Waals surface area contributed by atoms with Crippen LogP contribution < -0.4 is 0 Å². The minimum atomic E-state index is 0.421. The summed E-state index contributed by atoms with van der Waals surface area (Å²) in [4.78, 5) is 13.8. The Morgan fingerprint density at radius 1 is 1.17 bits per heavy atom. The number of aldehydes is 1. The summed E-state index contributed by atoms with van der Waals surface area (Å²) >= 11 is 0. The number of hydrogen-bond acceptors (Lipinski definition) is 3. The molecule has 0 aromatic carbocycles. The van der Waals surface area contributed by atoms with Gasteiger partial charge in [0.1, 0.15) is 6.29 Å². The summed E-state index contributed by atoms with van der Waals surface area (Å²) in [5.41, 5.74) is 0. The molecular weight excluding hydrogens is 156 g/mol. The highest BCUT2D eigenvalue weighted by molar-refractivity contribution is 5.64. The molecule has 0 aliphatic heterocycles. The van der Waals surface area contributed by atoms with Gasteiger partial charge in [-0.1, -0.05) is 18.9 Å². The molecule has 3 heteroatoms. The van der Waals surface area contributed by atoms with Gasteiger partial charge in [-0.25, -0.2) is 4.89 Å². The minimum absolute atomic E-state index is 0.421. The van der Waals surface area contributed by atoms with E-state index in [2.05, 4.69) is 4.89 Å². The Bertz CT molecular complexity index is 121. The first-order chi connectivity index (χ1) is 5.91. The lowest BCUT2D eigenvalue weighted by molar-refractivity contribution is -0.242. The Kier molecular flexibility index (Phi) is 9.75. The van der Waals surface area contributed by atoms with Crippen molar-refractivity contribution < 1.29 is 14.9 Å². The Balaban J connectivity index is 2.90. The Morgan fingerprint density at radius 3 is 2.58 bits per heavy atom. The first kappa shape index (κ1) is 11.3. The van der Waals surface area contributed by atoms with E-state index < -0.39 is 0 Å². The number of allylic oxidation sites excluding steroid dienone is 2. The standard InChI is InChI=1S/C9H16O3/c10-8-6-4-2-1-3-5-7-9-12-11/h4,6,8,11H,1-3,5,7,9H2. The van der Waals surface area contributed by atoms with Gasteiger partial charge in [0.2, 0.25) is 0 Å². The van der Waals surface area contributed by atoms with Crippen molar-refractivity contribution in [3.8, 4) is 0 Å². The van der Waals surface area contributed by atoms with Crippen LogP contribution in [0.25, 0.3) is 0 Å². The molecule has 0 aliphatic carbocycles. The van der Waals surface area contributed by atoms with E-state index >= 15 is 0 Å². The SMILES string of the molecule is O=CC=CCCCCCCOO. The van der Waals surface area contributed by atoms with Crippen LogP contribution in [0.4, 0.5) is 0 Å². The third kappa shape index (κ3) is 9.33. The van der Waals surface area contributed by atoms with Crippen LogP contribution in [0.1, 0.15) is 32.1 Å². The van der Waals surface area contributed by atoms with E-state index in [1.807, 2.05) is 6.08 Å². The maximum Gasteiger partial charge on any atom is 0.142 e. The lowest BCUT2D eigenvalue weighted by atomic mass is 10.1. The van der Waals surface area contributed by atoms with Gasteiger partial charge in [-0.2, -0.15) is 0 Å². The van der Waals surface area contributed by atoms with E-state index in [9.17, 15) is 4.79 Å². The summed E-state index contributed by atoms with van der Waals surface area (Å²) in [5, 5.41) is 7.99. The van der Waals surface area contributed by atoms with Gasteiger partial charge in [-0.05, 0) is 25.3 Å². The van der Waals surface area contributed by atoms with E-state index in [0.717, 1.165) is 38.4 Å². The fourth-order valence-electron chi connectivity index (χ4n) is 0.934. The average molecular weight is 172 g/mol. The second-order valence-corrected chi connectivity index (χ2v) is 2.60. The van der Waals surface area contributed by atoms with Crippen LogP contribution in [0.15, 0.2) is 12.2 Å². The van der Waals surface area contributed by atoms with Crippen molar-refractivity contribution in [3.63, 3.8) is 0 Å². The molecule has 1 N–H and O–H groups in total. The van der Waals surface area contributed by atoms with Gasteiger partial charge in [-0.3, -0.25) is 10.1 Å². The first-order valence-corrected chi connectivity index (χ1v) is 4.28. The van der Waals surface area contributed by atoms with Crippen LogP contribution >= 0.6 is 0 Å². The van der Waals surface area contributed by atoms with Crippen molar-refractivity contribution in [2.75, 3.05) is 6.61 Å². The smallest absolute Gasteiger partial charge is 0.142 e. The molecule has 0 rings (SSSR count). The van der Waals surface area contributed by atoms with Crippen LogP contribution in [0.3, 0.4) is 0 Å². The van der Waals surface area contributed by atoms with Gasteiger partial charge in [0, 0.05) is 0 Å². The Hall–Kier alpha value is -0.670. The number of hydrogen-bond donors (Lipinski definition) is 1. The van der Waals surface area contributed by atoms with Crippen LogP contribution in [0.2, 0.25) is 0 Å². The molecule has 0 spiro atoms.